The molecular weight excluding hydrogens is 248 g/mol. The summed E-state index contributed by atoms with van der Waals surface area (Å²) in [4.78, 5) is 16.3. The average molecular weight is 267 g/mol. The van der Waals surface area contributed by atoms with Crippen LogP contribution < -0.4 is 5.32 Å². The monoisotopic (exact) mass is 266 g/mol. The molecule has 0 bridgehead atoms. The number of carbonyl (C=O) groups excluding carboxylic acids is 1. The predicted molar refractivity (Wildman–Crippen MR) is 72.8 cm³/mol. The molecule has 1 saturated carbocycles. The molecule has 0 saturated heterocycles. The second-order valence-corrected chi connectivity index (χ2v) is 5.71. The van der Waals surface area contributed by atoms with Crippen LogP contribution in [0.4, 0.5) is 0 Å². The van der Waals surface area contributed by atoms with E-state index in [0.29, 0.717) is 22.4 Å². The van der Waals surface area contributed by atoms with Gasteiger partial charge in [0.15, 0.2) is 0 Å². The number of nitrogens with zero attached hydrogens (tertiary/aromatic N) is 1. The van der Waals surface area contributed by atoms with Crippen molar-refractivity contribution >= 4 is 17.5 Å². The fourth-order valence-corrected chi connectivity index (χ4v) is 2.80. The van der Waals surface area contributed by atoms with Crippen molar-refractivity contribution in [3.05, 3.63) is 28.5 Å². The second-order valence-electron chi connectivity index (χ2n) is 5.30. The molecule has 18 heavy (non-hydrogen) atoms. The first-order valence-corrected chi connectivity index (χ1v) is 6.80. The van der Waals surface area contributed by atoms with Crippen molar-refractivity contribution in [2.24, 2.45) is 11.8 Å². The van der Waals surface area contributed by atoms with Crippen LogP contribution in [0.1, 0.15) is 42.7 Å². The molecule has 0 aliphatic heterocycles. The van der Waals surface area contributed by atoms with Crippen LogP contribution in [-0.4, -0.2) is 16.9 Å². The molecule has 2 rings (SSSR count). The van der Waals surface area contributed by atoms with Crippen LogP contribution in [0.5, 0.6) is 0 Å². The molecule has 0 spiro atoms. The Morgan fingerprint density at radius 3 is 2.72 bits per heavy atom. The molecule has 3 unspecified atom stereocenters. The van der Waals surface area contributed by atoms with Gasteiger partial charge in [0, 0.05) is 17.9 Å². The van der Waals surface area contributed by atoms with Gasteiger partial charge in [-0.15, -0.1) is 0 Å². The fourth-order valence-electron chi connectivity index (χ4n) is 2.51. The van der Waals surface area contributed by atoms with E-state index in [1.165, 1.54) is 6.42 Å². The first kappa shape index (κ1) is 13.3. The van der Waals surface area contributed by atoms with Crippen LogP contribution in [0.15, 0.2) is 12.3 Å². The standard InChI is InChI=1S/C14H19ClN2O/c1-8-4-5-13(10(8)3)17-14(18)11-7-16-9(2)6-12(11)15/h6-8,10,13H,4-5H2,1-3H3,(H,17,18). The van der Waals surface area contributed by atoms with Crippen LogP contribution >= 0.6 is 11.6 Å². The molecule has 1 aliphatic rings. The molecule has 4 heteroatoms. The van der Waals surface area contributed by atoms with Gasteiger partial charge in [-0.25, -0.2) is 0 Å². The SMILES string of the molecule is Cc1cc(Cl)c(C(=O)NC2CCC(C)C2C)cn1. The van der Waals surface area contributed by atoms with Crippen molar-refractivity contribution in [2.45, 2.75) is 39.7 Å². The molecule has 1 heterocycles. The highest BCUT2D eigenvalue weighted by molar-refractivity contribution is 6.33. The van der Waals surface area contributed by atoms with Crippen molar-refractivity contribution < 1.29 is 4.79 Å². The Bertz CT molecular complexity index is 461. The summed E-state index contributed by atoms with van der Waals surface area (Å²) in [6.07, 6.45) is 3.77. The smallest absolute Gasteiger partial charge is 0.254 e. The summed E-state index contributed by atoms with van der Waals surface area (Å²) < 4.78 is 0. The molecule has 1 aromatic heterocycles. The molecule has 1 aliphatic carbocycles. The molecule has 3 nitrogen and oxygen atoms in total. The third-order valence-electron chi connectivity index (χ3n) is 4.02. The number of pyridine rings is 1. The Morgan fingerprint density at radius 2 is 2.17 bits per heavy atom. The highest BCUT2D eigenvalue weighted by Crippen LogP contribution is 2.31. The van der Waals surface area contributed by atoms with Gasteiger partial charge in [0.1, 0.15) is 0 Å². The van der Waals surface area contributed by atoms with Gasteiger partial charge in [-0.1, -0.05) is 25.4 Å². The number of hydrogen-bond acceptors (Lipinski definition) is 2. The van der Waals surface area contributed by atoms with Gasteiger partial charge in [0.2, 0.25) is 0 Å². The largest absolute Gasteiger partial charge is 0.349 e. The highest BCUT2D eigenvalue weighted by Gasteiger charge is 2.31. The minimum absolute atomic E-state index is 0.113. The van der Waals surface area contributed by atoms with Crippen LogP contribution in [-0.2, 0) is 0 Å². The van der Waals surface area contributed by atoms with Crippen LogP contribution in [0.2, 0.25) is 5.02 Å². The van der Waals surface area contributed by atoms with Crippen LogP contribution in [0.3, 0.4) is 0 Å². The summed E-state index contributed by atoms with van der Waals surface area (Å²) in [7, 11) is 0. The lowest BCUT2D eigenvalue weighted by molar-refractivity contribution is 0.0927. The van der Waals surface area contributed by atoms with E-state index >= 15 is 0 Å². The van der Waals surface area contributed by atoms with Crippen molar-refractivity contribution in [1.29, 1.82) is 0 Å². The molecule has 0 radical (unpaired) electrons. The minimum atomic E-state index is -0.113. The normalized spacial score (nSPS) is 27.2. The molecule has 0 aromatic carbocycles. The van der Waals surface area contributed by atoms with E-state index in [-0.39, 0.29) is 11.9 Å². The maximum Gasteiger partial charge on any atom is 0.254 e. The van der Waals surface area contributed by atoms with Gasteiger partial charge < -0.3 is 5.32 Å². The van der Waals surface area contributed by atoms with Crippen molar-refractivity contribution in [3.8, 4) is 0 Å². The highest BCUT2D eigenvalue weighted by atomic mass is 35.5. The van der Waals surface area contributed by atoms with Gasteiger partial charge in [0.25, 0.3) is 5.91 Å². The number of rotatable bonds is 2. The maximum atomic E-state index is 12.1. The van der Waals surface area contributed by atoms with E-state index in [4.69, 9.17) is 11.6 Å². The number of halogens is 1. The summed E-state index contributed by atoms with van der Waals surface area (Å²) in [5, 5.41) is 3.54. The van der Waals surface area contributed by atoms with Gasteiger partial charge in [-0.2, -0.15) is 0 Å². The molecule has 1 amide bonds. The first-order valence-electron chi connectivity index (χ1n) is 6.42. The Labute approximate surface area is 113 Å². The van der Waals surface area contributed by atoms with E-state index in [2.05, 4.69) is 24.1 Å². The summed E-state index contributed by atoms with van der Waals surface area (Å²) >= 11 is 6.07. The van der Waals surface area contributed by atoms with Gasteiger partial charge >= 0.3 is 0 Å². The number of hydrogen-bond donors (Lipinski definition) is 1. The van der Waals surface area contributed by atoms with Crippen LogP contribution in [0.25, 0.3) is 0 Å². The Balaban J connectivity index is 2.08. The lowest BCUT2D eigenvalue weighted by Crippen LogP contribution is -2.37. The van der Waals surface area contributed by atoms with E-state index in [0.717, 1.165) is 12.1 Å². The molecule has 3 atom stereocenters. The van der Waals surface area contributed by atoms with Crippen molar-refractivity contribution in [3.63, 3.8) is 0 Å². The summed E-state index contributed by atoms with van der Waals surface area (Å²) in [5.41, 5.74) is 1.29. The molecule has 98 valence electrons. The summed E-state index contributed by atoms with van der Waals surface area (Å²) in [5.74, 6) is 1.08. The predicted octanol–water partition coefficient (Wildman–Crippen LogP) is 3.21. The number of aryl methyl sites for hydroxylation is 1. The number of amides is 1. The van der Waals surface area contributed by atoms with Crippen molar-refractivity contribution in [2.75, 3.05) is 0 Å². The zero-order valence-corrected chi connectivity index (χ0v) is 11.8. The van der Waals surface area contributed by atoms with Gasteiger partial charge in [-0.3, -0.25) is 9.78 Å². The molecular formula is C14H19ClN2O. The average Bonchev–Trinajstić information content (AvgIpc) is 2.61. The van der Waals surface area contributed by atoms with Gasteiger partial charge in [-0.05, 0) is 37.7 Å². The zero-order valence-electron chi connectivity index (χ0n) is 11.0. The topological polar surface area (TPSA) is 42.0 Å². The molecule has 1 N–H and O–H groups in total. The number of carbonyl (C=O) groups is 1. The fraction of sp³-hybridized carbons (Fsp3) is 0.571. The Hall–Kier alpha value is -1.09. The Kier molecular flexibility index (Phi) is 3.91. The number of aromatic nitrogens is 1. The quantitative estimate of drug-likeness (QED) is 0.893. The first-order chi connectivity index (χ1) is 8.49. The van der Waals surface area contributed by atoms with Gasteiger partial charge in [0.05, 0.1) is 10.6 Å². The second kappa shape index (κ2) is 5.27. The minimum Gasteiger partial charge on any atom is -0.349 e. The van der Waals surface area contributed by atoms with E-state index in [9.17, 15) is 4.79 Å². The van der Waals surface area contributed by atoms with Crippen molar-refractivity contribution in [1.82, 2.24) is 10.3 Å². The van der Waals surface area contributed by atoms with E-state index < -0.39 is 0 Å². The zero-order chi connectivity index (χ0) is 13.3. The Morgan fingerprint density at radius 1 is 1.44 bits per heavy atom. The lowest BCUT2D eigenvalue weighted by Gasteiger charge is -2.19. The number of nitrogens with one attached hydrogen (secondary N) is 1. The maximum absolute atomic E-state index is 12.1. The lowest BCUT2D eigenvalue weighted by atomic mass is 9.97. The molecule has 1 aromatic rings. The summed E-state index contributed by atoms with van der Waals surface area (Å²) in [6.45, 7) is 6.28. The summed E-state index contributed by atoms with van der Waals surface area (Å²) in [6, 6.07) is 1.97. The van der Waals surface area contributed by atoms with E-state index in [1.807, 2.05) is 6.92 Å². The van der Waals surface area contributed by atoms with E-state index in [1.54, 1.807) is 12.3 Å². The molecule has 1 fully saturated rings. The third-order valence-corrected chi connectivity index (χ3v) is 4.33. The third kappa shape index (κ3) is 2.66. The van der Waals surface area contributed by atoms with Crippen LogP contribution in [0, 0.1) is 18.8 Å².